The van der Waals surface area contributed by atoms with E-state index < -0.39 is 5.82 Å². The van der Waals surface area contributed by atoms with E-state index in [0.717, 1.165) is 18.7 Å². The Morgan fingerprint density at radius 2 is 2.18 bits per heavy atom. The summed E-state index contributed by atoms with van der Waals surface area (Å²) in [5.41, 5.74) is 0.243. The van der Waals surface area contributed by atoms with E-state index in [1.807, 2.05) is 17.7 Å². The third-order valence-corrected chi connectivity index (χ3v) is 5.26. The predicted molar refractivity (Wildman–Crippen MR) is 103 cm³/mol. The molecule has 1 fully saturated rings. The van der Waals surface area contributed by atoms with Crippen molar-refractivity contribution in [3.05, 3.63) is 47.8 Å². The fourth-order valence-electron chi connectivity index (χ4n) is 3.74. The van der Waals surface area contributed by atoms with Gasteiger partial charge in [0.25, 0.3) is 0 Å². The minimum Gasteiger partial charge on any atom is -0.496 e. The van der Waals surface area contributed by atoms with E-state index in [4.69, 9.17) is 4.74 Å². The molecule has 1 aromatic heterocycles. The lowest BCUT2D eigenvalue weighted by molar-refractivity contribution is -0.132. The highest BCUT2D eigenvalue weighted by molar-refractivity contribution is 6.00. The number of nitrogens with zero attached hydrogens (tertiary/aromatic N) is 3. The molecule has 0 radical (unpaired) electrons. The van der Waals surface area contributed by atoms with E-state index in [2.05, 4.69) is 4.98 Å². The zero-order valence-corrected chi connectivity index (χ0v) is 16.4. The molecule has 2 heterocycles. The summed E-state index contributed by atoms with van der Waals surface area (Å²) in [5.74, 6) is 0.365. The number of Topliss-reactive ketones (excluding diaryl/α,β-unsaturated/α-hetero) is 1. The van der Waals surface area contributed by atoms with Crippen molar-refractivity contribution < 1.29 is 18.7 Å². The SMILES string of the molecule is CCc1nccn1CCC(=O)N1CCCC(C(=O)c2cc(F)ccc2OC)C1. The number of ketones is 1. The Labute approximate surface area is 164 Å². The molecule has 1 saturated heterocycles. The number of hydrogen-bond acceptors (Lipinski definition) is 4. The van der Waals surface area contributed by atoms with Crippen LogP contribution >= 0.6 is 0 Å². The number of halogens is 1. The van der Waals surface area contributed by atoms with Gasteiger partial charge in [0.05, 0.1) is 12.7 Å². The van der Waals surface area contributed by atoms with E-state index in [-0.39, 0.29) is 23.2 Å². The van der Waals surface area contributed by atoms with Gasteiger partial charge in [0.2, 0.25) is 5.91 Å². The smallest absolute Gasteiger partial charge is 0.224 e. The van der Waals surface area contributed by atoms with Gasteiger partial charge >= 0.3 is 0 Å². The van der Waals surface area contributed by atoms with E-state index in [1.165, 1.54) is 25.3 Å². The van der Waals surface area contributed by atoms with Gasteiger partial charge in [-0.15, -0.1) is 0 Å². The number of hydrogen-bond donors (Lipinski definition) is 0. The second kappa shape index (κ2) is 8.99. The zero-order valence-electron chi connectivity index (χ0n) is 16.4. The van der Waals surface area contributed by atoms with Gasteiger partial charge < -0.3 is 14.2 Å². The molecule has 1 aliphatic rings. The summed E-state index contributed by atoms with van der Waals surface area (Å²) in [4.78, 5) is 31.6. The molecule has 3 rings (SSSR count). The van der Waals surface area contributed by atoms with Crippen LogP contribution in [0.2, 0.25) is 0 Å². The maximum Gasteiger partial charge on any atom is 0.224 e. The summed E-state index contributed by atoms with van der Waals surface area (Å²) < 4.78 is 20.8. The normalized spacial score (nSPS) is 16.8. The van der Waals surface area contributed by atoms with Crippen LogP contribution in [0.5, 0.6) is 5.75 Å². The number of ether oxygens (including phenoxy) is 1. The first kappa shape index (κ1) is 20.0. The second-order valence-electron chi connectivity index (χ2n) is 7.03. The molecule has 28 heavy (non-hydrogen) atoms. The van der Waals surface area contributed by atoms with Crippen molar-refractivity contribution in [2.45, 2.75) is 39.2 Å². The fraction of sp³-hybridized carbons (Fsp3) is 0.476. The number of carbonyl (C=O) groups is 2. The Kier molecular flexibility index (Phi) is 6.44. The number of aromatic nitrogens is 2. The molecule has 0 spiro atoms. The number of piperidine rings is 1. The van der Waals surface area contributed by atoms with Crippen LogP contribution < -0.4 is 4.74 Å². The molecular weight excluding hydrogens is 361 g/mol. The predicted octanol–water partition coefficient (Wildman–Crippen LogP) is 3.10. The lowest BCUT2D eigenvalue weighted by Gasteiger charge is -2.32. The van der Waals surface area contributed by atoms with Crippen molar-refractivity contribution in [2.24, 2.45) is 5.92 Å². The number of benzene rings is 1. The molecule has 150 valence electrons. The summed E-state index contributed by atoms with van der Waals surface area (Å²) in [6.45, 7) is 3.62. The van der Waals surface area contributed by atoms with Crippen LogP contribution in [0.25, 0.3) is 0 Å². The first-order valence-corrected chi connectivity index (χ1v) is 9.69. The first-order valence-electron chi connectivity index (χ1n) is 9.69. The van der Waals surface area contributed by atoms with Gasteiger partial charge in [-0.2, -0.15) is 0 Å². The van der Waals surface area contributed by atoms with Crippen molar-refractivity contribution >= 4 is 11.7 Å². The lowest BCUT2D eigenvalue weighted by atomic mass is 9.89. The molecule has 1 amide bonds. The third-order valence-electron chi connectivity index (χ3n) is 5.26. The molecule has 2 aromatic rings. The fourth-order valence-corrected chi connectivity index (χ4v) is 3.74. The van der Waals surface area contributed by atoms with E-state index in [9.17, 15) is 14.0 Å². The number of likely N-dealkylation sites (tertiary alicyclic amines) is 1. The Bertz CT molecular complexity index is 849. The average molecular weight is 387 g/mol. The average Bonchev–Trinajstić information content (AvgIpc) is 3.19. The van der Waals surface area contributed by atoms with Crippen molar-refractivity contribution in [1.82, 2.24) is 14.5 Å². The number of methoxy groups -OCH3 is 1. The zero-order chi connectivity index (χ0) is 20.1. The minimum atomic E-state index is -0.472. The summed E-state index contributed by atoms with van der Waals surface area (Å²) in [6, 6.07) is 3.95. The molecule has 0 bridgehead atoms. The Balaban J connectivity index is 1.64. The van der Waals surface area contributed by atoms with Gasteiger partial charge in [0, 0.05) is 50.8 Å². The van der Waals surface area contributed by atoms with Crippen molar-refractivity contribution in [2.75, 3.05) is 20.2 Å². The summed E-state index contributed by atoms with van der Waals surface area (Å²) in [6.07, 6.45) is 6.25. The second-order valence-corrected chi connectivity index (χ2v) is 7.03. The largest absolute Gasteiger partial charge is 0.496 e. The maximum absolute atomic E-state index is 13.6. The molecule has 7 heteroatoms. The molecule has 1 aromatic carbocycles. The molecule has 1 atom stereocenters. The standard InChI is InChI=1S/C21H26FN3O3/c1-3-19-23-9-12-24(19)11-8-20(26)25-10-4-5-15(14-25)21(27)17-13-16(22)6-7-18(17)28-2/h6-7,9,12-13,15H,3-5,8,10-11,14H2,1-2H3. The monoisotopic (exact) mass is 387 g/mol. The molecule has 0 saturated carbocycles. The van der Waals surface area contributed by atoms with Crippen molar-refractivity contribution in [1.29, 1.82) is 0 Å². The van der Waals surface area contributed by atoms with Crippen LogP contribution in [0.1, 0.15) is 42.4 Å². The maximum atomic E-state index is 13.6. The highest BCUT2D eigenvalue weighted by Gasteiger charge is 2.30. The van der Waals surface area contributed by atoms with E-state index in [1.54, 1.807) is 11.1 Å². The van der Waals surface area contributed by atoms with E-state index >= 15 is 0 Å². The van der Waals surface area contributed by atoms with Gasteiger partial charge in [-0.1, -0.05) is 6.92 Å². The van der Waals surface area contributed by atoms with Crippen LogP contribution in [0, 0.1) is 11.7 Å². The quantitative estimate of drug-likeness (QED) is 0.685. The first-order chi connectivity index (χ1) is 13.5. The van der Waals surface area contributed by atoms with Gasteiger partial charge in [0.1, 0.15) is 17.4 Å². The number of carbonyl (C=O) groups excluding carboxylic acids is 2. The molecular formula is C21H26FN3O3. The Morgan fingerprint density at radius 1 is 1.36 bits per heavy atom. The summed E-state index contributed by atoms with van der Waals surface area (Å²) >= 11 is 0. The highest BCUT2D eigenvalue weighted by Crippen LogP contribution is 2.27. The van der Waals surface area contributed by atoms with Gasteiger partial charge in [-0.05, 0) is 31.0 Å². The number of rotatable bonds is 7. The minimum absolute atomic E-state index is 0.0273. The number of imidazole rings is 1. The van der Waals surface area contributed by atoms with Crippen molar-refractivity contribution in [3.63, 3.8) is 0 Å². The van der Waals surface area contributed by atoms with Crippen LogP contribution in [-0.4, -0.2) is 46.3 Å². The third kappa shape index (κ3) is 4.40. The van der Waals surface area contributed by atoms with Crippen LogP contribution in [0.3, 0.4) is 0 Å². The molecule has 1 aliphatic heterocycles. The topological polar surface area (TPSA) is 64.4 Å². The van der Waals surface area contributed by atoms with Gasteiger partial charge in [-0.25, -0.2) is 9.37 Å². The van der Waals surface area contributed by atoms with Crippen LogP contribution in [-0.2, 0) is 17.8 Å². The Morgan fingerprint density at radius 3 is 2.93 bits per heavy atom. The molecule has 0 N–H and O–H groups in total. The van der Waals surface area contributed by atoms with E-state index in [0.29, 0.717) is 38.2 Å². The van der Waals surface area contributed by atoms with Crippen LogP contribution in [0.4, 0.5) is 4.39 Å². The summed E-state index contributed by atoms with van der Waals surface area (Å²) in [5, 5.41) is 0. The van der Waals surface area contributed by atoms with Gasteiger partial charge in [-0.3, -0.25) is 9.59 Å². The molecule has 1 unspecified atom stereocenters. The molecule has 0 aliphatic carbocycles. The summed E-state index contributed by atoms with van der Waals surface area (Å²) in [7, 11) is 1.46. The number of amides is 1. The van der Waals surface area contributed by atoms with Crippen LogP contribution in [0.15, 0.2) is 30.6 Å². The Hall–Kier alpha value is -2.70. The van der Waals surface area contributed by atoms with Gasteiger partial charge in [0.15, 0.2) is 5.78 Å². The number of aryl methyl sites for hydroxylation is 2. The molecule has 6 nitrogen and oxygen atoms in total. The van der Waals surface area contributed by atoms with Crippen molar-refractivity contribution in [3.8, 4) is 5.75 Å². The lowest BCUT2D eigenvalue weighted by Crippen LogP contribution is -2.42. The highest BCUT2D eigenvalue weighted by atomic mass is 19.1.